The molecule has 10 nitrogen and oxygen atoms in total. The summed E-state index contributed by atoms with van der Waals surface area (Å²) in [7, 11) is 1.29. The molecule has 142 valence electrons. The molecule has 0 aromatic rings. The van der Waals surface area contributed by atoms with Crippen LogP contribution in [0.2, 0.25) is 0 Å². The average molecular weight is 362 g/mol. The maximum Gasteiger partial charge on any atom is 0.303 e. The van der Waals surface area contributed by atoms with Crippen molar-refractivity contribution in [1.29, 1.82) is 0 Å². The molecule has 0 unspecified atom stereocenters. The highest BCUT2D eigenvalue weighted by Crippen LogP contribution is 2.29. The normalized spacial score (nSPS) is 28.6. The Bertz CT molecular complexity index is 516. The molecule has 25 heavy (non-hydrogen) atoms. The molecule has 0 spiro atoms. The number of carbonyl (C=O) groups excluding carboxylic acids is 4. The van der Waals surface area contributed by atoms with Crippen LogP contribution in [-0.2, 0) is 47.6 Å². The van der Waals surface area contributed by atoms with E-state index in [1.54, 1.807) is 0 Å². The zero-order valence-corrected chi connectivity index (χ0v) is 14.7. The topological polar surface area (TPSA) is 124 Å². The van der Waals surface area contributed by atoms with Gasteiger partial charge in [-0.1, -0.05) is 0 Å². The highest BCUT2D eigenvalue weighted by Gasteiger charge is 2.52. The van der Waals surface area contributed by atoms with Crippen LogP contribution in [-0.4, -0.2) is 68.3 Å². The van der Waals surface area contributed by atoms with Crippen LogP contribution >= 0.6 is 0 Å². The van der Waals surface area contributed by atoms with Gasteiger partial charge in [-0.05, 0) is 0 Å². The summed E-state index contributed by atoms with van der Waals surface area (Å²) in [5, 5.41) is 0. The SMILES string of the molecule is CO[C@H]1O[C@H](COC(C)=O)[C@H](OC(C)=O)[C@@H](OC(C)=O)[C@H]1OC(C)=O. The molecule has 0 aromatic heterocycles. The van der Waals surface area contributed by atoms with E-state index in [1.807, 2.05) is 0 Å². The van der Waals surface area contributed by atoms with Gasteiger partial charge < -0.3 is 28.4 Å². The molecule has 0 aromatic carbocycles. The van der Waals surface area contributed by atoms with Crippen LogP contribution in [0.3, 0.4) is 0 Å². The third kappa shape index (κ3) is 6.31. The smallest absolute Gasteiger partial charge is 0.303 e. The second-order valence-corrected chi connectivity index (χ2v) is 5.30. The lowest BCUT2D eigenvalue weighted by Crippen LogP contribution is -2.62. The molecule has 0 bridgehead atoms. The first-order chi connectivity index (χ1) is 11.6. The van der Waals surface area contributed by atoms with E-state index >= 15 is 0 Å². The van der Waals surface area contributed by atoms with Crippen molar-refractivity contribution in [2.45, 2.75) is 58.4 Å². The zero-order chi connectivity index (χ0) is 19.1. The van der Waals surface area contributed by atoms with Crippen molar-refractivity contribution in [2.24, 2.45) is 0 Å². The molecule has 1 aliphatic heterocycles. The Kier molecular flexibility index (Phi) is 7.78. The van der Waals surface area contributed by atoms with Gasteiger partial charge in [-0.2, -0.15) is 0 Å². The maximum absolute atomic E-state index is 11.5. The molecular formula is C15H22O10. The Morgan fingerprint density at radius 2 is 1.24 bits per heavy atom. The molecule has 1 saturated heterocycles. The van der Waals surface area contributed by atoms with Crippen LogP contribution in [0.5, 0.6) is 0 Å². The van der Waals surface area contributed by atoms with Gasteiger partial charge in [-0.25, -0.2) is 0 Å². The predicted octanol–water partition coefficient (Wildman–Crippen LogP) is -0.284. The summed E-state index contributed by atoms with van der Waals surface area (Å²) in [5.74, 6) is -2.63. The highest BCUT2D eigenvalue weighted by atomic mass is 16.7. The van der Waals surface area contributed by atoms with E-state index in [-0.39, 0.29) is 6.61 Å². The summed E-state index contributed by atoms with van der Waals surface area (Å²) in [6.45, 7) is 4.37. The van der Waals surface area contributed by atoms with E-state index < -0.39 is 54.6 Å². The fourth-order valence-electron chi connectivity index (χ4n) is 2.38. The number of carbonyl (C=O) groups is 4. The van der Waals surface area contributed by atoms with Crippen LogP contribution < -0.4 is 0 Å². The lowest BCUT2D eigenvalue weighted by Gasteiger charge is -2.43. The van der Waals surface area contributed by atoms with Crippen molar-refractivity contribution in [1.82, 2.24) is 0 Å². The van der Waals surface area contributed by atoms with Crippen LogP contribution in [0.15, 0.2) is 0 Å². The molecule has 10 heteroatoms. The molecule has 0 radical (unpaired) electrons. The van der Waals surface area contributed by atoms with E-state index in [1.165, 1.54) is 14.0 Å². The molecule has 1 heterocycles. The number of hydrogen-bond acceptors (Lipinski definition) is 10. The second kappa shape index (κ2) is 9.33. The van der Waals surface area contributed by atoms with Crippen molar-refractivity contribution in [3.63, 3.8) is 0 Å². The monoisotopic (exact) mass is 362 g/mol. The lowest BCUT2D eigenvalue weighted by molar-refractivity contribution is -0.302. The number of hydrogen-bond donors (Lipinski definition) is 0. The summed E-state index contributed by atoms with van der Waals surface area (Å²) in [5.41, 5.74) is 0. The largest absolute Gasteiger partial charge is 0.463 e. The summed E-state index contributed by atoms with van der Waals surface area (Å²) < 4.78 is 31.1. The average Bonchev–Trinajstić information content (AvgIpc) is 2.48. The van der Waals surface area contributed by atoms with Crippen molar-refractivity contribution in [3.8, 4) is 0 Å². The van der Waals surface area contributed by atoms with E-state index in [0.717, 1.165) is 20.8 Å². The van der Waals surface area contributed by atoms with Gasteiger partial charge in [0.1, 0.15) is 12.7 Å². The number of rotatable bonds is 6. The van der Waals surface area contributed by atoms with Gasteiger partial charge in [-0.15, -0.1) is 0 Å². The fourth-order valence-corrected chi connectivity index (χ4v) is 2.38. The van der Waals surface area contributed by atoms with Crippen molar-refractivity contribution in [2.75, 3.05) is 13.7 Å². The third-order valence-electron chi connectivity index (χ3n) is 3.18. The molecule has 0 aliphatic carbocycles. The Morgan fingerprint density at radius 1 is 0.760 bits per heavy atom. The van der Waals surface area contributed by atoms with Gasteiger partial charge in [0.25, 0.3) is 0 Å². The zero-order valence-electron chi connectivity index (χ0n) is 14.7. The standard InChI is InChI=1S/C15H22O10/c1-7(16)21-6-11-12(22-8(2)17)13(23-9(3)18)14(24-10(4)19)15(20-5)25-11/h11-15H,6H2,1-5H3/t11-,12+,13-,14-,15+/m1/s1. The first-order valence-electron chi connectivity index (χ1n) is 7.49. The lowest BCUT2D eigenvalue weighted by atomic mass is 9.98. The quantitative estimate of drug-likeness (QED) is 0.460. The summed E-state index contributed by atoms with van der Waals surface area (Å²) in [4.78, 5) is 45.4. The van der Waals surface area contributed by atoms with Crippen LogP contribution in [0.4, 0.5) is 0 Å². The van der Waals surface area contributed by atoms with Gasteiger partial charge in [0.15, 0.2) is 24.6 Å². The molecular weight excluding hydrogens is 340 g/mol. The van der Waals surface area contributed by atoms with Gasteiger partial charge in [0.2, 0.25) is 0 Å². The number of esters is 4. The van der Waals surface area contributed by atoms with Crippen molar-refractivity contribution in [3.05, 3.63) is 0 Å². The summed E-state index contributed by atoms with van der Waals surface area (Å²) in [6, 6.07) is 0. The first kappa shape index (κ1) is 20.8. The van der Waals surface area contributed by atoms with E-state index in [4.69, 9.17) is 28.4 Å². The Morgan fingerprint density at radius 3 is 1.68 bits per heavy atom. The molecule has 0 amide bonds. The van der Waals surface area contributed by atoms with Crippen molar-refractivity contribution < 1.29 is 47.6 Å². The third-order valence-corrected chi connectivity index (χ3v) is 3.18. The summed E-state index contributed by atoms with van der Waals surface area (Å²) >= 11 is 0. The minimum atomic E-state index is -1.20. The van der Waals surface area contributed by atoms with E-state index in [0.29, 0.717) is 0 Å². The second-order valence-electron chi connectivity index (χ2n) is 5.30. The van der Waals surface area contributed by atoms with Crippen LogP contribution in [0.25, 0.3) is 0 Å². The van der Waals surface area contributed by atoms with E-state index in [2.05, 4.69) is 0 Å². The molecule has 0 N–H and O–H groups in total. The Balaban J connectivity index is 3.18. The minimum Gasteiger partial charge on any atom is -0.463 e. The predicted molar refractivity (Wildman–Crippen MR) is 79.0 cm³/mol. The number of ether oxygens (including phenoxy) is 6. The Labute approximate surface area is 144 Å². The van der Waals surface area contributed by atoms with E-state index in [9.17, 15) is 19.2 Å². The number of methoxy groups -OCH3 is 1. The molecule has 1 rings (SSSR count). The molecule has 1 aliphatic rings. The molecule has 1 fully saturated rings. The van der Waals surface area contributed by atoms with Gasteiger partial charge in [0.05, 0.1) is 0 Å². The summed E-state index contributed by atoms with van der Waals surface area (Å²) in [6.07, 6.45) is -5.67. The van der Waals surface area contributed by atoms with Crippen LogP contribution in [0, 0.1) is 0 Å². The maximum atomic E-state index is 11.5. The first-order valence-corrected chi connectivity index (χ1v) is 7.49. The van der Waals surface area contributed by atoms with Gasteiger partial charge in [-0.3, -0.25) is 19.2 Å². The highest BCUT2D eigenvalue weighted by molar-refractivity contribution is 5.68. The van der Waals surface area contributed by atoms with Crippen molar-refractivity contribution >= 4 is 23.9 Å². The van der Waals surface area contributed by atoms with Gasteiger partial charge in [0, 0.05) is 34.8 Å². The Hall–Kier alpha value is -2.20. The van der Waals surface area contributed by atoms with Crippen LogP contribution in [0.1, 0.15) is 27.7 Å². The fraction of sp³-hybridized carbons (Fsp3) is 0.733. The molecule has 5 atom stereocenters. The van der Waals surface area contributed by atoms with Gasteiger partial charge >= 0.3 is 23.9 Å². The molecule has 0 saturated carbocycles. The minimum absolute atomic E-state index is 0.280.